The average molecular weight is 248 g/mol. The maximum atomic E-state index is 11.2. The third kappa shape index (κ3) is 3.10. The van der Waals surface area contributed by atoms with Crippen LogP contribution in [0.3, 0.4) is 0 Å². The smallest absolute Gasteiger partial charge is 0.339 e. The van der Waals surface area contributed by atoms with E-state index in [1.165, 1.54) is 12.3 Å². The Morgan fingerprint density at radius 1 is 1.72 bits per heavy atom. The van der Waals surface area contributed by atoms with Crippen LogP contribution in [0.25, 0.3) is 0 Å². The van der Waals surface area contributed by atoms with Gasteiger partial charge in [0.25, 0.3) is 0 Å². The number of hydrogen-bond acceptors (Lipinski definition) is 5. The van der Waals surface area contributed by atoms with E-state index in [1.54, 1.807) is 11.8 Å². The molecule has 0 aliphatic carbocycles. The molecule has 18 heavy (non-hydrogen) atoms. The van der Waals surface area contributed by atoms with Gasteiger partial charge in [0, 0.05) is 13.1 Å². The molecule has 1 heterocycles. The predicted molar refractivity (Wildman–Crippen MR) is 68.3 cm³/mol. The van der Waals surface area contributed by atoms with Crippen molar-refractivity contribution in [3.63, 3.8) is 0 Å². The summed E-state index contributed by atoms with van der Waals surface area (Å²) in [5.41, 5.74) is 5.90. The van der Waals surface area contributed by atoms with Crippen LogP contribution in [0.4, 0.5) is 11.5 Å². The number of carbonyl (C=O) groups is 1. The van der Waals surface area contributed by atoms with E-state index >= 15 is 0 Å². The Morgan fingerprint density at radius 3 is 2.89 bits per heavy atom. The monoisotopic (exact) mass is 248 g/mol. The molecule has 1 rings (SSSR count). The number of carboxylic acids is 1. The number of hydrogen-bond donors (Lipinski definition) is 2. The highest BCUT2D eigenvalue weighted by atomic mass is 16.4. The number of carboxylic acid groups (broad SMARTS) is 1. The van der Waals surface area contributed by atoms with Gasteiger partial charge in [-0.1, -0.05) is 0 Å². The fourth-order valence-electron chi connectivity index (χ4n) is 1.62. The van der Waals surface area contributed by atoms with Crippen molar-refractivity contribution in [1.82, 2.24) is 4.98 Å². The van der Waals surface area contributed by atoms with E-state index in [4.69, 9.17) is 16.1 Å². The normalized spacial score (nSPS) is 11.6. The van der Waals surface area contributed by atoms with E-state index in [0.29, 0.717) is 24.6 Å². The minimum absolute atomic E-state index is 0.0574. The van der Waals surface area contributed by atoms with E-state index < -0.39 is 5.97 Å². The lowest BCUT2D eigenvalue weighted by atomic mass is 10.1. The number of nitrogens with zero attached hydrogens (tertiary/aromatic N) is 3. The zero-order valence-electron chi connectivity index (χ0n) is 10.4. The number of aromatic carboxylic acids is 1. The van der Waals surface area contributed by atoms with Gasteiger partial charge in [0.2, 0.25) is 0 Å². The molecule has 6 heteroatoms. The number of aromatic nitrogens is 1. The second kappa shape index (κ2) is 5.87. The molecular formula is C12H16N4O2. The van der Waals surface area contributed by atoms with Gasteiger partial charge in [-0.05, 0) is 19.9 Å². The quantitative estimate of drug-likeness (QED) is 0.815. The van der Waals surface area contributed by atoms with Crippen LogP contribution in [0.1, 0.15) is 24.2 Å². The minimum atomic E-state index is -1.08. The van der Waals surface area contributed by atoms with Crippen LogP contribution in [0.2, 0.25) is 0 Å². The predicted octanol–water partition coefficient (Wildman–Crippen LogP) is 1.35. The van der Waals surface area contributed by atoms with Crippen LogP contribution in [0.5, 0.6) is 0 Å². The Hall–Kier alpha value is -2.29. The van der Waals surface area contributed by atoms with Crippen molar-refractivity contribution in [2.75, 3.05) is 23.7 Å². The van der Waals surface area contributed by atoms with Crippen LogP contribution >= 0.6 is 0 Å². The molecule has 1 atom stereocenters. The van der Waals surface area contributed by atoms with Crippen molar-refractivity contribution in [1.29, 1.82) is 5.26 Å². The Morgan fingerprint density at radius 2 is 2.39 bits per heavy atom. The Labute approximate surface area is 106 Å². The molecule has 1 unspecified atom stereocenters. The van der Waals surface area contributed by atoms with Gasteiger partial charge in [0.15, 0.2) is 0 Å². The van der Waals surface area contributed by atoms with E-state index in [9.17, 15) is 4.79 Å². The fourth-order valence-corrected chi connectivity index (χ4v) is 1.62. The van der Waals surface area contributed by atoms with Crippen LogP contribution in [-0.2, 0) is 0 Å². The molecule has 3 N–H and O–H groups in total. The van der Waals surface area contributed by atoms with Crippen LogP contribution in [0, 0.1) is 17.2 Å². The second-order valence-electron chi connectivity index (χ2n) is 4.01. The molecule has 0 bridgehead atoms. The SMILES string of the molecule is CCN(CC(C)C#N)c1ncc(N)cc1C(=O)O. The van der Waals surface area contributed by atoms with Gasteiger partial charge < -0.3 is 15.7 Å². The van der Waals surface area contributed by atoms with Gasteiger partial charge in [-0.2, -0.15) is 5.26 Å². The van der Waals surface area contributed by atoms with Gasteiger partial charge >= 0.3 is 5.97 Å². The van der Waals surface area contributed by atoms with E-state index in [-0.39, 0.29) is 11.5 Å². The van der Waals surface area contributed by atoms with Gasteiger partial charge in [0.05, 0.1) is 23.9 Å². The van der Waals surface area contributed by atoms with Crippen LogP contribution in [-0.4, -0.2) is 29.1 Å². The van der Waals surface area contributed by atoms with Gasteiger partial charge in [-0.15, -0.1) is 0 Å². The van der Waals surface area contributed by atoms with Crippen LogP contribution < -0.4 is 10.6 Å². The summed E-state index contributed by atoms with van der Waals surface area (Å²) >= 11 is 0. The van der Waals surface area contributed by atoms with Gasteiger partial charge in [-0.3, -0.25) is 0 Å². The first kappa shape index (κ1) is 13.8. The molecule has 1 aromatic heterocycles. The Bertz CT molecular complexity index is 481. The van der Waals surface area contributed by atoms with Gasteiger partial charge in [0.1, 0.15) is 11.4 Å². The highest BCUT2D eigenvalue weighted by molar-refractivity contribution is 5.94. The summed E-state index contributed by atoms with van der Waals surface area (Å²) < 4.78 is 0. The van der Waals surface area contributed by atoms with E-state index in [0.717, 1.165) is 0 Å². The summed E-state index contributed by atoms with van der Waals surface area (Å²) in [5, 5.41) is 18.0. The zero-order valence-corrected chi connectivity index (χ0v) is 10.4. The highest BCUT2D eigenvalue weighted by Crippen LogP contribution is 2.20. The number of anilines is 2. The summed E-state index contributed by atoms with van der Waals surface area (Å²) in [4.78, 5) is 17.0. The van der Waals surface area contributed by atoms with Crippen molar-refractivity contribution in [3.05, 3.63) is 17.8 Å². The first-order valence-electron chi connectivity index (χ1n) is 5.63. The molecule has 0 saturated carbocycles. The number of nitrogen functional groups attached to an aromatic ring is 1. The average Bonchev–Trinajstić information content (AvgIpc) is 2.35. The molecule has 0 spiro atoms. The molecule has 0 amide bonds. The second-order valence-corrected chi connectivity index (χ2v) is 4.01. The molecule has 0 aromatic carbocycles. The summed E-state index contributed by atoms with van der Waals surface area (Å²) in [5.74, 6) is -0.930. The summed E-state index contributed by atoms with van der Waals surface area (Å²) in [6.07, 6.45) is 1.42. The lowest BCUT2D eigenvalue weighted by Gasteiger charge is -2.24. The number of pyridine rings is 1. The van der Waals surface area contributed by atoms with E-state index in [1.807, 2.05) is 6.92 Å². The largest absolute Gasteiger partial charge is 0.478 e. The maximum absolute atomic E-state index is 11.2. The third-order valence-electron chi connectivity index (χ3n) is 2.51. The molecule has 0 saturated heterocycles. The molecular weight excluding hydrogens is 232 g/mol. The van der Waals surface area contributed by atoms with Crippen molar-refractivity contribution >= 4 is 17.5 Å². The van der Waals surface area contributed by atoms with Gasteiger partial charge in [-0.25, -0.2) is 9.78 Å². The maximum Gasteiger partial charge on any atom is 0.339 e. The Balaban J connectivity index is 3.13. The highest BCUT2D eigenvalue weighted by Gasteiger charge is 2.18. The fraction of sp³-hybridized carbons (Fsp3) is 0.417. The lowest BCUT2D eigenvalue weighted by molar-refractivity contribution is 0.0697. The lowest BCUT2D eigenvalue weighted by Crippen LogP contribution is -2.30. The summed E-state index contributed by atoms with van der Waals surface area (Å²) in [7, 11) is 0. The summed E-state index contributed by atoms with van der Waals surface area (Å²) in [6.45, 7) is 4.67. The standard InChI is InChI=1S/C12H16N4O2/c1-3-16(7-8(2)5-13)11-10(12(17)18)4-9(14)6-15-11/h4,6,8H,3,7,14H2,1-2H3,(H,17,18). The first-order valence-corrected chi connectivity index (χ1v) is 5.63. The number of nitriles is 1. The molecule has 1 aromatic rings. The molecule has 0 aliphatic rings. The topological polar surface area (TPSA) is 103 Å². The zero-order chi connectivity index (χ0) is 13.7. The van der Waals surface area contributed by atoms with Crippen molar-refractivity contribution in [2.24, 2.45) is 5.92 Å². The third-order valence-corrected chi connectivity index (χ3v) is 2.51. The molecule has 96 valence electrons. The van der Waals surface area contributed by atoms with Crippen molar-refractivity contribution in [2.45, 2.75) is 13.8 Å². The summed E-state index contributed by atoms with van der Waals surface area (Å²) in [6, 6.07) is 3.50. The molecule has 0 radical (unpaired) electrons. The Kier molecular flexibility index (Phi) is 4.49. The first-order chi connectivity index (χ1) is 8.49. The molecule has 0 aliphatic heterocycles. The minimum Gasteiger partial charge on any atom is -0.478 e. The van der Waals surface area contributed by atoms with Crippen LogP contribution in [0.15, 0.2) is 12.3 Å². The van der Waals surface area contributed by atoms with Crippen molar-refractivity contribution < 1.29 is 9.90 Å². The molecule has 6 nitrogen and oxygen atoms in total. The van der Waals surface area contributed by atoms with Crippen molar-refractivity contribution in [3.8, 4) is 6.07 Å². The molecule has 0 fully saturated rings. The number of nitrogens with two attached hydrogens (primary N) is 1. The van der Waals surface area contributed by atoms with E-state index in [2.05, 4.69) is 11.1 Å². The number of rotatable bonds is 5.